The standard InChI is InChI=1S/C17H15FN2O/c18-15-6-3-4-12(8-15)11-20-16-7-2-1-5-13(16)9-14(10-19)17(20)21/h1-9H,10-11,19H2. The minimum Gasteiger partial charge on any atom is -0.326 e. The van der Waals surface area contributed by atoms with Gasteiger partial charge in [0.25, 0.3) is 5.56 Å². The summed E-state index contributed by atoms with van der Waals surface area (Å²) in [6, 6.07) is 15.7. The number of nitrogens with zero attached hydrogens (tertiary/aromatic N) is 1. The molecular weight excluding hydrogens is 267 g/mol. The van der Waals surface area contributed by atoms with Gasteiger partial charge in [-0.3, -0.25) is 4.79 Å². The van der Waals surface area contributed by atoms with Crippen LogP contribution in [0.3, 0.4) is 0 Å². The number of halogens is 1. The van der Waals surface area contributed by atoms with Crippen LogP contribution in [0.5, 0.6) is 0 Å². The third kappa shape index (κ3) is 2.58. The Hall–Kier alpha value is -2.46. The van der Waals surface area contributed by atoms with Crippen molar-refractivity contribution in [2.24, 2.45) is 5.73 Å². The fraction of sp³-hybridized carbons (Fsp3) is 0.118. The van der Waals surface area contributed by atoms with E-state index < -0.39 is 0 Å². The zero-order valence-corrected chi connectivity index (χ0v) is 11.4. The molecule has 0 radical (unpaired) electrons. The van der Waals surface area contributed by atoms with Crippen molar-refractivity contribution in [1.82, 2.24) is 4.57 Å². The van der Waals surface area contributed by atoms with Gasteiger partial charge in [0.05, 0.1) is 12.1 Å². The first-order chi connectivity index (χ1) is 10.2. The third-order valence-corrected chi connectivity index (χ3v) is 3.53. The monoisotopic (exact) mass is 282 g/mol. The molecule has 0 saturated carbocycles. The van der Waals surface area contributed by atoms with E-state index in [-0.39, 0.29) is 17.9 Å². The molecule has 4 heteroatoms. The van der Waals surface area contributed by atoms with Crippen LogP contribution >= 0.6 is 0 Å². The molecule has 2 aromatic carbocycles. The fourth-order valence-electron chi connectivity index (χ4n) is 2.51. The van der Waals surface area contributed by atoms with E-state index in [1.54, 1.807) is 16.7 Å². The normalized spacial score (nSPS) is 11.0. The topological polar surface area (TPSA) is 48.0 Å². The maximum atomic E-state index is 13.3. The van der Waals surface area contributed by atoms with Gasteiger partial charge in [-0.05, 0) is 35.2 Å². The molecule has 0 fully saturated rings. The summed E-state index contributed by atoms with van der Waals surface area (Å²) in [7, 11) is 0. The van der Waals surface area contributed by atoms with Crippen LogP contribution in [0.2, 0.25) is 0 Å². The van der Waals surface area contributed by atoms with Gasteiger partial charge in [0.1, 0.15) is 5.82 Å². The van der Waals surface area contributed by atoms with E-state index in [4.69, 9.17) is 5.73 Å². The minimum atomic E-state index is -0.306. The zero-order chi connectivity index (χ0) is 14.8. The van der Waals surface area contributed by atoms with Gasteiger partial charge in [0.15, 0.2) is 0 Å². The number of para-hydroxylation sites is 1. The molecule has 1 aromatic heterocycles. The van der Waals surface area contributed by atoms with Gasteiger partial charge in [-0.15, -0.1) is 0 Å². The highest BCUT2D eigenvalue weighted by atomic mass is 19.1. The summed E-state index contributed by atoms with van der Waals surface area (Å²) < 4.78 is 15.0. The Labute approximate surface area is 121 Å². The van der Waals surface area contributed by atoms with Crippen LogP contribution in [-0.2, 0) is 13.1 Å². The molecule has 0 atom stereocenters. The first-order valence-corrected chi connectivity index (χ1v) is 6.75. The van der Waals surface area contributed by atoms with Crippen molar-refractivity contribution in [3.05, 3.63) is 81.9 Å². The van der Waals surface area contributed by atoms with Crippen molar-refractivity contribution < 1.29 is 4.39 Å². The minimum absolute atomic E-state index is 0.125. The molecule has 2 N–H and O–H groups in total. The lowest BCUT2D eigenvalue weighted by molar-refractivity contribution is 0.623. The summed E-state index contributed by atoms with van der Waals surface area (Å²) in [5.74, 6) is -0.306. The van der Waals surface area contributed by atoms with Gasteiger partial charge in [-0.25, -0.2) is 4.39 Å². The van der Waals surface area contributed by atoms with Crippen LogP contribution < -0.4 is 11.3 Å². The number of aromatic nitrogens is 1. The Morgan fingerprint density at radius 1 is 1.05 bits per heavy atom. The van der Waals surface area contributed by atoms with Crippen LogP contribution in [-0.4, -0.2) is 4.57 Å². The van der Waals surface area contributed by atoms with Crippen molar-refractivity contribution >= 4 is 10.9 Å². The molecule has 0 amide bonds. The van der Waals surface area contributed by atoms with Crippen molar-refractivity contribution in [3.8, 4) is 0 Å². The predicted octanol–water partition coefficient (Wildman–Crippen LogP) is 2.65. The lowest BCUT2D eigenvalue weighted by atomic mass is 10.1. The van der Waals surface area contributed by atoms with Crippen molar-refractivity contribution in [2.75, 3.05) is 0 Å². The molecule has 1 heterocycles. The zero-order valence-electron chi connectivity index (χ0n) is 11.4. The second-order valence-electron chi connectivity index (χ2n) is 4.95. The lowest BCUT2D eigenvalue weighted by Crippen LogP contribution is -2.26. The lowest BCUT2D eigenvalue weighted by Gasteiger charge is -2.12. The first kappa shape index (κ1) is 13.5. The van der Waals surface area contributed by atoms with Crippen molar-refractivity contribution in [2.45, 2.75) is 13.1 Å². The van der Waals surface area contributed by atoms with Crippen LogP contribution in [0.25, 0.3) is 10.9 Å². The number of rotatable bonds is 3. The second-order valence-corrected chi connectivity index (χ2v) is 4.95. The molecule has 21 heavy (non-hydrogen) atoms. The molecule has 0 unspecified atom stereocenters. The highest BCUT2D eigenvalue weighted by Gasteiger charge is 2.08. The van der Waals surface area contributed by atoms with E-state index in [1.807, 2.05) is 30.3 Å². The van der Waals surface area contributed by atoms with Gasteiger partial charge in [0, 0.05) is 12.1 Å². The number of hydrogen-bond donors (Lipinski definition) is 1. The summed E-state index contributed by atoms with van der Waals surface area (Å²) in [5.41, 5.74) is 7.66. The van der Waals surface area contributed by atoms with Gasteiger partial charge in [0.2, 0.25) is 0 Å². The Morgan fingerprint density at radius 2 is 1.86 bits per heavy atom. The van der Waals surface area contributed by atoms with Crippen molar-refractivity contribution in [1.29, 1.82) is 0 Å². The van der Waals surface area contributed by atoms with Gasteiger partial charge in [-0.2, -0.15) is 0 Å². The van der Waals surface area contributed by atoms with E-state index in [1.165, 1.54) is 12.1 Å². The summed E-state index contributed by atoms with van der Waals surface area (Å²) in [6.07, 6.45) is 0. The molecule has 0 bridgehead atoms. The first-order valence-electron chi connectivity index (χ1n) is 6.75. The SMILES string of the molecule is NCc1cc2ccccc2n(Cc2cccc(F)c2)c1=O. The number of benzene rings is 2. The van der Waals surface area contributed by atoms with E-state index in [9.17, 15) is 9.18 Å². The Balaban J connectivity index is 2.20. The smallest absolute Gasteiger partial charge is 0.255 e. The summed E-state index contributed by atoms with van der Waals surface area (Å²) in [6.45, 7) is 0.512. The highest BCUT2D eigenvalue weighted by molar-refractivity contribution is 5.79. The molecule has 0 aliphatic carbocycles. The Bertz CT molecular complexity index is 855. The Kier molecular flexibility index (Phi) is 3.54. The molecule has 3 rings (SSSR count). The van der Waals surface area contributed by atoms with E-state index in [0.717, 1.165) is 16.5 Å². The quantitative estimate of drug-likeness (QED) is 0.803. The van der Waals surface area contributed by atoms with Crippen LogP contribution in [0.1, 0.15) is 11.1 Å². The molecular formula is C17H15FN2O. The maximum absolute atomic E-state index is 13.3. The average molecular weight is 282 g/mol. The summed E-state index contributed by atoms with van der Waals surface area (Å²) >= 11 is 0. The molecule has 0 aliphatic heterocycles. The molecule has 0 saturated heterocycles. The summed E-state index contributed by atoms with van der Waals surface area (Å²) in [5, 5.41) is 0.953. The molecule has 0 aliphatic rings. The second kappa shape index (κ2) is 5.50. The number of nitrogens with two attached hydrogens (primary N) is 1. The van der Waals surface area contributed by atoms with Gasteiger partial charge >= 0.3 is 0 Å². The number of fused-ring (bicyclic) bond motifs is 1. The van der Waals surface area contributed by atoms with Crippen LogP contribution in [0.4, 0.5) is 4.39 Å². The van der Waals surface area contributed by atoms with Crippen molar-refractivity contribution in [3.63, 3.8) is 0 Å². The van der Waals surface area contributed by atoms with Gasteiger partial charge < -0.3 is 10.3 Å². The van der Waals surface area contributed by atoms with Crippen LogP contribution in [0.15, 0.2) is 59.4 Å². The molecule has 3 aromatic rings. The van der Waals surface area contributed by atoms with Crippen LogP contribution in [0, 0.1) is 5.82 Å². The fourth-order valence-corrected chi connectivity index (χ4v) is 2.51. The average Bonchev–Trinajstić information content (AvgIpc) is 2.50. The molecule has 106 valence electrons. The number of hydrogen-bond acceptors (Lipinski definition) is 2. The third-order valence-electron chi connectivity index (χ3n) is 3.53. The van der Waals surface area contributed by atoms with E-state index in [0.29, 0.717) is 12.1 Å². The predicted molar refractivity (Wildman–Crippen MR) is 81.6 cm³/mol. The van der Waals surface area contributed by atoms with E-state index in [2.05, 4.69) is 0 Å². The highest BCUT2D eigenvalue weighted by Crippen LogP contribution is 2.15. The number of pyridine rings is 1. The molecule has 3 nitrogen and oxygen atoms in total. The molecule has 0 spiro atoms. The van der Waals surface area contributed by atoms with E-state index >= 15 is 0 Å². The van der Waals surface area contributed by atoms with Gasteiger partial charge in [-0.1, -0.05) is 30.3 Å². The largest absolute Gasteiger partial charge is 0.326 e. The Morgan fingerprint density at radius 3 is 2.62 bits per heavy atom. The maximum Gasteiger partial charge on any atom is 0.255 e. The summed E-state index contributed by atoms with van der Waals surface area (Å²) in [4.78, 5) is 12.5.